The molecule has 3 nitrogen and oxygen atoms in total. The van der Waals surface area contributed by atoms with Gasteiger partial charge in [-0.2, -0.15) is 0 Å². The molecule has 0 fully saturated rings. The molecule has 0 saturated heterocycles. The van der Waals surface area contributed by atoms with E-state index in [-0.39, 0.29) is 5.82 Å². The van der Waals surface area contributed by atoms with Gasteiger partial charge in [0.25, 0.3) is 0 Å². The molecule has 1 N–H and O–H groups in total. The third kappa shape index (κ3) is 5.57. The normalized spacial score (nSPS) is 11.1. The monoisotopic (exact) mass is 267 g/mol. The first-order valence-electron chi connectivity index (χ1n) is 6.89. The number of nitrogens with zero attached hydrogens (tertiary/aromatic N) is 2. The summed E-state index contributed by atoms with van der Waals surface area (Å²) < 4.78 is 14.1. The highest BCUT2D eigenvalue weighted by Crippen LogP contribution is 2.19. The number of anilines is 1. The maximum atomic E-state index is 14.1. The zero-order valence-electron chi connectivity index (χ0n) is 12.5. The Morgan fingerprint density at radius 1 is 1.16 bits per heavy atom. The van der Waals surface area contributed by atoms with Gasteiger partial charge >= 0.3 is 0 Å². The fourth-order valence-corrected chi connectivity index (χ4v) is 1.85. The molecule has 1 rings (SSSR count). The summed E-state index contributed by atoms with van der Waals surface area (Å²) in [6.45, 7) is 5.54. The van der Waals surface area contributed by atoms with Crippen LogP contribution in [0.5, 0.6) is 0 Å². The Morgan fingerprint density at radius 2 is 1.89 bits per heavy atom. The van der Waals surface area contributed by atoms with Gasteiger partial charge in [0.15, 0.2) is 0 Å². The van der Waals surface area contributed by atoms with Crippen LogP contribution in [0.4, 0.5) is 10.1 Å². The van der Waals surface area contributed by atoms with Crippen molar-refractivity contribution in [3.8, 4) is 0 Å². The van der Waals surface area contributed by atoms with Gasteiger partial charge in [0, 0.05) is 26.7 Å². The molecule has 1 aromatic carbocycles. The summed E-state index contributed by atoms with van der Waals surface area (Å²) in [7, 11) is 5.97. The van der Waals surface area contributed by atoms with Gasteiger partial charge < -0.3 is 15.1 Å². The van der Waals surface area contributed by atoms with Crippen LogP contribution >= 0.6 is 0 Å². The lowest BCUT2D eigenvalue weighted by atomic mass is 10.2. The van der Waals surface area contributed by atoms with Gasteiger partial charge in [-0.25, -0.2) is 4.39 Å². The average Bonchev–Trinajstić information content (AvgIpc) is 2.36. The summed E-state index contributed by atoms with van der Waals surface area (Å²) in [6, 6.07) is 5.49. The van der Waals surface area contributed by atoms with Gasteiger partial charge in [0.05, 0.1) is 5.69 Å². The molecule has 0 radical (unpaired) electrons. The molecule has 0 aliphatic rings. The molecule has 0 aliphatic carbocycles. The molecule has 0 unspecified atom stereocenters. The topological polar surface area (TPSA) is 18.5 Å². The van der Waals surface area contributed by atoms with Crippen LogP contribution in [-0.4, -0.2) is 45.7 Å². The van der Waals surface area contributed by atoms with E-state index in [1.54, 1.807) is 6.07 Å². The van der Waals surface area contributed by atoms with Crippen molar-refractivity contribution in [1.29, 1.82) is 0 Å². The third-order valence-electron chi connectivity index (χ3n) is 3.06. The van der Waals surface area contributed by atoms with E-state index in [0.717, 1.165) is 38.2 Å². The first-order valence-corrected chi connectivity index (χ1v) is 6.89. The highest BCUT2D eigenvalue weighted by atomic mass is 19.1. The van der Waals surface area contributed by atoms with E-state index < -0.39 is 0 Å². The summed E-state index contributed by atoms with van der Waals surface area (Å²) in [4.78, 5) is 4.05. The highest BCUT2D eigenvalue weighted by Gasteiger charge is 2.08. The number of rotatable bonds is 8. The second-order valence-electron chi connectivity index (χ2n) is 5.19. The standard InChI is InChI=1S/C15H26FN3/c1-5-8-17-12-13-6-7-15(14(16)11-13)19(4)10-9-18(2)3/h6-7,11,17H,5,8-10,12H2,1-4H3. The lowest BCUT2D eigenvalue weighted by Crippen LogP contribution is -2.29. The second kappa shape index (κ2) is 8.12. The van der Waals surface area contributed by atoms with Crippen LogP contribution in [0.15, 0.2) is 18.2 Å². The van der Waals surface area contributed by atoms with Crippen LogP contribution in [0.1, 0.15) is 18.9 Å². The van der Waals surface area contributed by atoms with Crippen molar-refractivity contribution in [2.45, 2.75) is 19.9 Å². The first-order chi connectivity index (χ1) is 9.04. The van der Waals surface area contributed by atoms with Crippen molar-refractivity contribution in [3.05, 3.63) is 29.6 Å². The molecule has 0 bridgehead atoms. The lowest BCUT2D eigenvalue weighted by Gasteiger charge is -2.22. The van der Waals surface area contributed by atoms with Crippen molar-refractivity contribution >= 4 is 5.69 Å². The minimum atomic E-state index is -0.142. The van der Waals surface area contributed by atoms with E-state index in [4.69, 9.17) is 0 Å². The van der Waals surface area contributed by atoms with Crippen LogP contribution in [0.25, 0.3) is 0 Å². The Labute approximate surface area is 116 Å². The van der Waals surface area contributed by atoms with Gasteiger partial charge in [0.1, 0.15) is 5.82 Å². The second-order valence-corrected chi connectivity index (χ2v) is 5.19. The van der Waals surface area contributed by atoms with Crippen molar-refractivity contribution in [2.75, 3.05) is 45.7 Å². The largest absolute Gasteiger partial charge is 0.371 e. The third-order valence-corrected chi connectivity index (χ3v) is 3.06. The first kappa shape index (κ1) is 15.9. The summed E-state index contributed by atoms with van der Waals surface area (Å²) in [5.74, 6) is -0.142. The molecule has 108 valence electrons. The molecule has 0 aliphatic heterocycles. The van der Waals surface area contributed by atoms with E-state index in [1.165, 1.54) is 0 Å². The van der Waals surface area contributed by atoms with E-state index in [0.29, 0.717) is 5.69 Å². The van der Waals surface area contributed by atoms with E-state index in [2.05, 4.69) is 17.1 Å². The Balaban J connectivity index is 2.60. The SMILES string of the molecule is CCCNCc1ccc(N(C)CCN(C)C)c(F)c1. The molecule has 4 heteroatoms. The van der Waals surface area contributed by atoms with Crippen LogP contribution < -0.4 is 10.2 Å². The fraction of sp³-hybridized carbons (Fsp3) is 0.600. The molecule has 0 atom stereocenters. The van der Waals surface area contributed by atoms with E-state index >= 15 is 0 Å². The molecule has 0 spiro atoms. The van der Waals surface area contributed by atoms with Crippen LogP contribution in [0.3, 0.4) is 0 Å². The molecule has 0 saturated carbocycles. The van der Waals surface area contributed by atoms with Crippen molar-refractivity contribution < 1.29 is 4.39 Å². The van der Waals surface area contributed by atoms with Crippen molar-refractivity contribution in [1.82, 2.24) is 10.2 Å². The van der Waals surface area contributed by atoms with E-state index in [9.17, 15) is 4.39 Å². The van der Waals surface area contributed by atoms with Gasteiger partial charge in [-0.3, -0.25) is 0 Å². The predicted molar refractivity (Wildman–Crippen MR) is 80.2 cm³/mol. The number of halogens is 1. The zero-order valence-corrected chi connectivity index (χ0v) is 12.5. The zero-order chi connectivity index (χ0) is 14.3. The number of hydrogen-bond donors (Lipinski definition) is 1. The minimum absolute atomic E-state index is 0.142. The maximum absolute atomic E-state index is 14.1. The van der Waals surface area contributed by atoms with Gasteiger partial charge in [0.2, 0.25) is 0 Å². The maximum Gasteiger partial charge on any atom is 0.146 e. The van der Waals surface area contributed by atoms with Gasteiger partial charge in [-0.1, -0.05) is 13.0 Å². The fourth-order valence-electron chi connectivity index (χ4n) is 1.85. The minimum Gasteiger partial charge on any atom is -0.371 e. The predicted octanol–water partition coefficient (Wildman–Crippen LogP) is 2.32. The van der Waals surface area contributed by atoms with Crippen molar-refractivity contribution in [3.63, 3.8) is 0 Å². The molecule has 0 amide bonds. The summed E-state index contributed by atoms with van der Waals surface area (Å²) in [5, 5.41) is 3.28. The number of likely N-dealkylation sites (N-methyl/N-ethyl adjacent to an activating group) is 2. The van der Waals surface area contributed by atoms with Crippen LogP contribution in [-0.2, 0) is 6.54 Å². The van der Waals surface area contributed by atoms with Crippen molar-refractivity contribution in [2.24, 2.45) is 0 Å². The number of benzene rings is 1. The Bertz CT molecular complexity index is 380. The molecule has 0 aromatic heterocycles. The Kier molecular flexibility index (Phi) is 6.81. The lowest BCUT2D eigenvalue weighted by molar-refractivity contribution is 0.416. The Hall–Kier alpha value is -1.13. The van der Waals surface area contributed by atoms with E-state index in [1.807, 2.05) is 38.2 Å². The molecular formula is C15H26FN3. The summed E-state index contributed by atoms with van der Waals surface area (Å²) in [5.41, 5.74) is 1.66. The van der Waals surface area contributed by atoms with Crippen LogP contribution in [0.2, 0.25) is 0 Å². The number of hydrogen-bond acceptors (Lipinski definition) is 3. The average molecular weight is 267 g/mol. The van der Waals surface area contributed by atoms with Gasteiger partial charge in [-0.15, -0.1) is 0 Å². The van der Waals surface area contributed by atoms with Gasteiger partial charge in [-0.05, 0) is 44.8 Å². The van der Waals surface area contributed by atoms with Crippen LogP contribution in [0, 0.1) is 5.82 Å². The quantitative estimate of drug-likeness (QED) is 0.729. The highest BCUT2D eigenvalue weighted by molar-refractivity contribution is 5.48. The summed E-state index contributed by atoms with van der Waals surface area (Å²) >= 11 is 0. The molecular weight excluding hydrogens is 241 g/mol. The molecule has 19 heavy (non-hydrogen) atoms. The number of nitrogens with one attached hydrogen (secondary N) is 1. The summed E-state index contributed by atoms with van der Waals surface area (Å²) in [6.07, 6.45) is 1.09. The Morgan fingerprint density at radius 3 is 2.47 bits per heavy atom. The smallest absolute Gasteiger partial charge is 0.146 e. The molecule has 1 aromatic rings. The molecule has 0 heterocycles.